The molecule has 0 aliphatic heterocycles. The topological polar surface area (TPSA) is 78.7 Å². The van der Waals surface area contributed by atoms with Gasteiger partial charge in [-0.1, -0.05) is 33.6 Å². The lowest BCUT2D eigenvalue weighted by atomic mass is 10.2. The van der Waals surface area contributed by atoms with Gasteiger partial charge in [0.25, 0.3) is 0 Å². The van der Waals surface area contributed by atoms with E-state index < -0.39 is 17.5 Å². The number of carbonyl (C=O) groups is 1. The Balaban J connectivity index is 3.03. The third-order valence-corrected chi connectivity index (χ3v) is 3.23. The molecular formula is C11H11BrClNO5. The number of nitrogens with zero attached hydrogens (tertiary/aromatic N) is 1. The third kappa shape index (κ3) is 4.36. The van der Waals surface area contributed by atoms with Crippen LogP contribution >= 0.6 is 27.5 Å². The summed E-state index contributed by atoms with van der Waals surface area (Å²) in [4.78, 5) is 21.5. The maximum atomic E-state index is 11.0. The van der Waals surface area contributed by atoms with Crippen molar-refractivity contribution in [3.8, 4) is 0 Å². The zero-order chi connectivity index (χ0) is 14.4. The minimum absolute atomic E-state index is 0.107. The van der Waals surface area contributed by atoms with E-state index in [-0.39, 0.29) is 16.5 Å². The van der Waals surface area contributed by atoms with Crippen molar-refractivity contribution in [1.82, 2.24) is 0 Å². The Labute approximate surface area is 123 Å². The van der Waals surface area contributed by atoms with Crippen molar-refractivity contribution in [3.63, 3.8) is 0 Å². The summed E-state index contributed by atoms with van der Waals surface area (Å²) >= 11 is 9.20. The maximum absolute atomic E-state index is 11.0. The van der Waals surface area contributed by atoms with E-state index in [9.17, 15) is 14.9 Å². The largest absolute Gasteiger partial charge is 0.474 e. The van der Waals surface area contributed by atoms with Gasteiger partial charge < -0.3 is 9.47 Å². The normalized spacial score (nSPS) is 15.3. The molecule has 0 heterocycles. The molecule has 0 radical (unpaired) electrons. The van der Waals surface area contributed by atoms with Gasteiger partial charge in [0.15, 0.2) is 6.61 Å². The molecule has 0 saturated carbocycles. The van der Waals surface area contributed by atoms with Gasteiger partial charge in [0.1, 0.15) is 0 Å². The molecule has 0 fully saturated rings. The zero-order valence-corrected chi connectivity index (χ0v) is 12.4. The first kappa shape index (κ1) is 15.7. The summed E-state index contributed by atoms with van der Waals surface area (Å²) < 4.78 is 9.52. The quantitative estimate of drug-likeness (QED) is 0.329. The van der Waals surface area contributed by atoms with Gasteiger partial charge in [0.05, 0.1) is 17.1 Å². The first-order valence-electron chi connectivity index (χ1n) is 5.19. The smallest absolute Gasteiger partial charge is 0.343 e. The first-order valence-corrected chi connectivity index (χ1v) is 6.69. The number of allylic oxidation sites excluding steroid dienone is 4. The number of hydrogen-bond acceptors (Lipinski definition) is 5. The summed E-state index contributed by atoms with van der Waals surface area (Å²) in [6.45, 7) is -0.434. The number of ether oxygens (including phenoxy) is 2. The van der Waals surface area contributed by atoms with Gasteiger partial charge in [-0.05, 0) is 5.57 Å². The highest BCUT2D eigenvalue weighted by molar-refractivity contribution is 9.09. The van der Waals surface area contributed by atoms with Crippen LogP contribution in [0.15, 0.2) is 34.2 Å². The van der Waals surface area contributed by atoms with Crippen molar-refractivity contribution >= 4 is 33.5 Å². The van der Waals surface area contributed by atoms with E-state index in [1.54, 1.807) is 6.08 Å². The number of hydrogen-bond donors (Lipinski definition) is 0. The summed E-state index contributed by atoms with van der Waals surface area (Å²) in [5.41, 5.74) is 0.429. The molecule has 0 unspecified atom stereocenters. The first-order chi connectivity index (χ1) is 8.99. The average molecular weight is 353 g/mol. The molecular weight excluding hydrogens is 341 g/mol. The molecule has 19 heavy (non-hydrogen) atoms. The summed E-state index contributed by atoms with van der Waals surface area (Å²) in [6, 6.07) is 0. The van der Waals surface area contributed by atoms with Crippen LogP contribution in [0.4, 0.5) is 0 Å². The second kappa shape index (κ2) is 7.30. The molecule has 104 valence electrons. The average Bonchev–Trinajstić information content (AvgIpc) is 2.55. The van der Waals surface area contributed by atoms with Gasteiger partial charge >= 0.3 is 11.7 Å². The van der Waals surface area contributed by atoms with Gasteiger partial charge in [0.2, 0.25) is 5.76 Å². The highest BCUT2D eigenvalue weighted by Gasteiger charge is 2.26. The summed E-state index contributed by atoms with van der Waals surface area (Å²) in [7, 11) is 1.20. The molecule has 0 bridgehead atoms. The Morgan fingerprint density at radius 2 is 2.32 bits per heavy atom. The Hall–Kier alpha value is -1.34. The molecule has 0 saturated heterocycles. The van der Waals surface area contributed by atoms with Gasteiger partial charge in [-0.25, -0.2) is 4.79 Å². The molecule has 6 nitrogen and oxygen atoms in total. The zero-order valence-electron chi connectivity index (χ0n) is 10.0. The second-order valence-electron chi connectivity index (χ2n) is 3.50. The second-order valence-corrected chi connectivity index (χ2v) is 4.52. The number of alkyl halides is 1. The van der Waals surface area contributed by atoms with E-state index in [1.165, 1.54) is 13.2 Å². The van der Waals surface area contributed by atoms with Crippen LogP contribution in [0.5, 0.6) is 0 Å². The van der Waals surface area contributed by atoms with Gasteiger partial charge in [-0.15, -0.1) is 0 Å². The minimum atomic E-state index is -0.641. The summed E-state index contributed by atoms with van der Waals surface area (Å²) in [5, 5.41) is 11.7. The standard InChI is InChI=1S/C11H11BrClNO5/c1-18-10(15)6-19-11-8(13)3-2-7(5-12)4-9(11)14(16)17/h2,4H,3,5-6H2,1H3. The predicted octanol–water partition coefficient (Wildman–Crippen LogP) is 2.51. The summed E-state index contributed by atoms with van der Waals surface area (Å²) in [5.74, 6) is -0.748. The van der Waals surface area contributed by atoms with Crippen LogP contribution in [0.1, 0.15) is 6.42 Å². The maximum Gasteiger partial charge on any atom is 0.343 e. The van der Waals surface area contributed by atoms with E-state index >= 15 is 0 Å². The van der Waals surface area contributed by atoms with Crippen molar-refractivity contribution in [1.29, 1.82) is 0 Å². The van der Waals surface area contributed by atoms with Crippen molar-refractivity contribution in [3.05, 3.63) is 44.3 Å². The fraction of sp³-hybridized carbons (Fsp3) is 0.364. The number of carbonyl (C=O) groups excluding carboxylic acids is 1. The number of methoxy groups -OCH3 is 1. The van der Waals surface area contributed by atoms with Gasteiger partial charge in [-0.2, -0.15) is 0 Å². The predicted molar refractivity (Wildman–Crippen MR) is 72.4 cm³/mol. The molecule has 0 N–H and O–H groups in total. The van der Waals surface area contributed by atoms with Crippen molar-refractivity contribution in [2.75, 3.05) is 19.0 Å². The van der Waals surface area contributed by atoms with Gasteiger partial charge in [-0.3, -0.25) is 10.1 Å². The SMILES string of the molecule is COC(=O)COC1=C(Cl)CC=C(CBr)C=C1[N+](=O)[O-]. The van der Waals surface area contributed by atoms with Crippen LogP contribution in [0.3, 0.4) is 0 Å². The lowest BCUT2D eigenvalue weighted by Crippen LogP contribution is -2.14. The number of nitro groups is 1. The Kier molecular flexibility index (Phi) is 6.04. The van der Waals surface area contributed by atoms with Crippen molar-refractivity contribution in [2.45, 2.75) is 6.42 Å². The van der Waals surface area contributed by atoms with Gasteiger partial charge in [0, 0.05) is 17.8 Å². The molecule has 0 spiro atoms. The number of halogens is 2. The Morgan fingerprint density at radius 3 is 2.84 bits per heavy atom. The minimum Gasteiger partial charge on any atom is -0.474 e. The van der Waals surface area contributed by atoms with E-state index in [0.717, 1.165) is 0 Å². The van der Waals surface area contributed by atoms with Crippen LogP contribution in [0.2, 0.25) is 0 Å². The van der Waals surface area contributed by atoms with E-state index in [1.807, 2.05) is 0 Å². The number of esters is 1. The molecule has 8 heteroatoms. The Morgan fingerprint density at radius 1 is 1.63 bits per heavy atom. The Bertz CT molecular complexity index is 483. The molecule has 1 rings (SSSR count). The van der Waals surface area contributed by atoms with Crippen molar-refractivity contribution in [2.24, 2.45) is 0 Å². The van der Waals surface area contributed by atoms with Crippen LogP contribution in [-0.4, -0.2) is 29.9 Å². The molecule has 1 aliphatic rings. The van der Waals surface area contributed by atoms with E-state index in [2.05, 4.69) is 20.7 Å². The van der Waals surface area contributed by atoms with Crippen LogP contribution in [0, 0.1) is 10.1 Å². The molecule has 1 aliphatic carbocycles. The molecule has 0 atom stereocenters. The van der Waals surface area contributed by atoms with Crippen LogP contribution < -0.4 is 0 Å². The monoisotopic (exact) mass is 351 g/mol. The van der Waals surface area contributed by atoms with Crippen LogP contribution in [-0.2, 0) is 14.3 Å². The fourth-order valence-corrected chi connectivity index (χ4v) is 1.94. The van der Waals surface area contributed by atoms with Crippen molar-refractivity contribution < 1.29 is 19.2 Å². The molecule has 0 aromatic heterocycles. The number of rotatable bonds is 5. The van der Waals surface area contributed by atoms with E-state index in [0.29, 0.717) is 17.3 Å². The molecule has 0 amide bonds. The third-order valence-electron chi connectivity index (χ3n) is 2.26. The van der Waals surface area contributed by atoms with Crippen LogP contribution in [0.25, 0.3) is 0 Å². The molecule has 0 aromatic rings. The fourth-order valence-electron chi connectivity index (χ4n) is 1.32. The summed E-state index contributed by atoms with van der Waals surface area (Å²) in [6.07, 6.45) is 3.40. The lowest BCUT2D eigenvalue weighted by molar-refractivity contribution is -0.424. The van der Waals surface area contributed by atoms with E-state index in [4.69, 9.17) is 16.3 Å². The highest BCUT2D eigenvalue weighted by atomic mass is 79.9. The lowest BCUT2D eigenvalue weighted by Gasteiger charge is -2.08. The molecule has 0 aromatic carbocycles. The highest BCUT2D eigenvalue weighted by Crippen LogP contribution is 2.28.